The van der Waals surface area contributed by atoms with Gasteiger partial charge in [0.05, 0.1) is 6.21 Å². The minimum Gasteiger partial charge on any atom is -0.387 e. The van der Waals surface area contributed by atoms with Crippen LogP contribution < -0.4 is 16.0 Å². The molecule has 0 aliphatic carbocycles. The maximum Gasteiger partial charge on any atom is 0.260 e. The van der Waals surface area contributed by atoms with Crippen LogP contribution in [0.4, 0.5) is 0 Å². The van der Waals surface area contributed by atoms with Crippen LogP contribution in [0.5, 0.6) is 0 Å². The number of oxime groups is 1. The molecule has 3 amide bonds. The Bertz CT molecular complexity index is 690. The summed E-state index contributed by atoms with van der Waals surface area (Å²) in [6, 6.07) is 0.0273. The van der Waals surface area contributed by atoms with Crippen LogP contribution in [0.3, 0.4) is 0 Å². The van der Waals surface area contributed by atoms with Crippen molar-refractivity contribution in [2.24, 2.45) is 16.5 Å². The second kappa shape index (κ2) is 16.4. The monoisotopic (exact) mass is 506 g/mol. The number of amides is 3. The van der Waals surface area contributed by atoms with Crippen molar-refractivity contribution in [3.05, 3.63) is 0 Å². The average Bonchev–Trinajstić information content (AvgIpc) is 2.79. The van der Waals surface area contributed by atoms with Crippen LogP contribution in [0.25, 0.3) is 0 Å². The van der Waals surface area contributed by atoms with E-state index in [0.717, 1.165) is 0 Å². The lowest BCUT2D eigenvalue weighted by Crippen LogP contribution is -2.45. The first-order valence-electron chi connectivity index (χ1n) is 11.7. The van der Waals surface area contributed by atoms with Crippen molar-refractivity contribution >= 4 is 23.9 Å². The quantitative estimate of drug-likeness (QED) is 0.0472. The van der Waals surface area contributed by atoms with Crippen LogP contribution in [-0.2, 0) is 19.2 Å². The van der Waals surface area contributed by atoms with Gasteiger partial charge in [0.2, 0.25) is 11.8 Å². The van der Waals surface area contributed by atoms with Crippen LogP contribution in [0, 0.1) is 11.3 Å². The van der Waals surface area contributed by atoms with Gasteiger partial charge in [-0.2, -0.15) is 0 Å². The second-order valence-corrected chi connectivity index (χ2v) is 9.06. The molecule has 0 aliphatic rings. The van der Waals surface area contributed by atoms with E-state index in [2.05, 4.69) is 25.9 Å². The van der Waals surface area contributed by atoms with Gasteiger partial charge in [-0.15, -0.1) is 0 Å². The molecule has 13 heteroatoms. The van der Waals surface area contributed by atoms with E-state index in [0.29, 0.717) is 32.0 Å². The molecule has 0 aromatic heterocycles. The summed E-state index contributed by atoms with van der Waals surface area (Å²) in [6.45, 7) is 9.37. The van der Waals surface area contributed by atoms with Gasteiger partial charge in [0.1, 0.15) is 18.3 Å². The van der Waals surface area contributed by atoms with Crippen LogP contribution >= 0.6 is 0 Å². The predicted molar refractivity (Wildman–Crippen MR) is 127 cm³/mol. The van der Waals surface area contributed by atoms with Crippen molar-refractivity contribution in [2.75, 3.05) is 19.7 Å². The van der Waals surface area contributed by atoms with Crippen LogP contribution in [0.1, 0.15) is 53.9 Å². The summed E-state index contributed by atoms with van der Waals surface area (Å²) in [6.07, 6.45) is -5.80. The highest BCUT2D eigenvalue weighted by molar-refractivity contribution is 5.84. The minimum atomic E-state index is -2.25. The van der Waals surface area contributed by atoms with E-state index in [1.54, 1.807) is 6.92 Å². The van der Waals surface area contributed by atoms with Gasteiger partial charge in [0.15, 0.2) is 12.9 Å². The van der Waals surface area contributed by atoms with E-state index in [-0.39, 0.29) is 30.3 Å². The first-order chi connectivity index (χ1) is 16.2. The molecule has 0 heterocycles. The van der Waals surface area contributed by atoms with Gasteiger partial charge < -0.3 is 46.3 Å². The standard InChI is InChI=1S/C22H42N4O9/c1-6-22(5,10-14(4)19(31)26-13(2)3)21(34)24-9-7-8-23-16(28)12-35-25-11-15(27)17(29)18(30)20(32)33/h11,13-15,17-18,20,27,29-30,32-33H,6-10,12H2,1-5H3,(H,23,28)(H,24,34)(H,26,31)/b25-11-/t14?,15-,17-,18+,22?/m1/s1. The fourth-order valence-electron chi connectivity index (χ4n) is 3.04. The normalized spacial score (nSPS) is 16.9. The molecule has 13 nitrogen and oxygen atoms in total. The van der Waals surface area contributed by atoms with E-state index in [1.807, 2.05) is 27.7 Å². The average molecular weight is 507 g/mol. The van der Waals surface area contributed by atoms with Gasteiger partial charge in [-0.05, 0) is 33.1 Å². The molecule has 0 rings (SSSR count). The van der Waals surface area contributed by atoms with Crippen molar-refractivity contribution in [2.45, 2.75) is 84.5 Å². The van der Waals surface area contributed by atoms with E-state index >= 15 is 0 Å². The Morgan fingerprint density at radius 1 is 1.00 bits per heavy atom. The topological polar surface area (TPSA) is 210 Å². The summed E-state index contributed by atoms with van der Waals surface area (Å²) in [7, 11) is 0. The molecular weight excluding hydrogens is 464 g/mol. The maximum atomic E-state index is 12.7. The van der Waals surface area contributed by atoms with E-state index in [1.165, 1.54) is 0 Å². The number of aliphatic hydroxyl groups excluding tert-OH is 4. The van der Waals surface area contributed by atoms with Crippen molar-refractivity contribution in [1.29, 1.82) is 0 Å². The van der Waals surface area contributed by atoms with Crippen LogP contribution in [-0.4, -0.2) is 99.8 Å². The lowest BCUT2D eigenvalue weighted by molar-refractivity contribution is -0.169. The lowest BCUT2D eigenvalue weighted by Gasteiger charge is -2.30. The number of hydrogen-bond acceptors (Lipinski definition) is 10. The third-order valence-corrected chi connectivity index (χ3v) is 5.41. The largest absolute Gasteiger partial charge is 0.387 e. The molecule has 0 aliphatic heterocycles. The predicted octanol–water partition coefficient (Wildman–Crippen LogP) is -2.03. The van der Waals surface area contributed by atoms with Crippen LogP contribution in [0.2, 0.25) is 0 Å². The van der Waals surface area contributed by atoms with Gasteiger partial charge in [-0.25, -0.2) is 0 Å². The third kappa shape index (κ3) is 12.8. The van der Waals surface area contributed by atoms with Crippen molar-refractivity contribution in [3.8, 4) is 0 Å². The highest BCUT2D eigenvalue weighted by atomic mass is 16.6. The molecule has 0 bridgehead atoms. The number of rotatable bonds is 17. The number of hydrogen-bond donors (Lipinski definition) is 8. The fourth-order valence-corrected chi connectivity index (χ4v) is 3.04. The first kappa shape index (κ1) is 32.7. The number of nitrogens with zero attached hydrogens (tertiary/aromatic N) is 1. The van der Waals surface area contributed by atoms with Gasteiger partial charge in [0.25, 0.3) is 5.91 Å². The summed E-state index contributed by atoms with van der Waals surface area (Å²) in [5.74, 6) is -1.08. The van der Waals surface area contributed by atoms with E-state index < -0.39 is 42.5 Å². The molecule has 0 radical (unpaired) electrons. The minimum absolute atomic E-state index is 0.0273. The zero-order valence-corrected chi connectivity index (χ0v) is 21.1. The molecule has 0 aromatic carbocycles. The Kier molecular flexibility index (Phi) is 15.3. The van der Waals surface area contributed by atoms with Crippen LogP contribution in [0.15, 0.2) is 5.16 Å². The SMILES string of the molecule is CCC(C)(CC(C)C(=O)NC(C)C)C(=O)NCCCNC(=O)CO/N=C\[C@@H](O)[C@@H](O)[C@H](O)C(O)O. The highest BCUT2D eigenvalue weighted by Crippen LogP contribution is 2.30. The van der Waals surface area contributed by atoms with E-state index in [4.69, 9.17) is 10.2 Å². The lowest BCUT2D eigenvalue weighted by atomic mass is 9.78. The van der Waals surface area contributed by atoms with Gasteiger partial charge in [0, 0.05) is 30.5 Å². The fraction of sp³-hybridized carbons (Fsp3) is 0.818. The number of carbonyl (C=O) groups is 3. The molecule has 204 valence electrons. The molecular formula is C22H42N4O9. The Balaban J connectivity index is 4.27. The number of aliphatic hydroxyl groups is 5. The molecule has 0 fully saturated rings. The summed E-state index contributed by atoms with van der Waals surface area (Å²) in [5, 5.41) is 57.2. The maximum absolute atomic E-state index is 12.7. The number of carbonyl (C=O) groups excluding carboxylic acids is 3. The summed E-state index contributed by atoms with van der Waals surface area (Å²) in [5.41, 5.74) is -0.702. The Labute approximate surface area is 205 Å². The summed E-state index contributed by atoms with van der Waals surface area (Å²) < 4.78 is 0. The molecule has 5 atom stereocenters. The Hall–Kier alpha value is -2.32. The summed E-state index contributed by atoms with van der Waals surface area (Å²) >= 11 is 0. The highest BCUT2D eigenvalue weighted by Gasteiger charge is 2.34. The van der Waals surface area contributed by atoms with Crippen molar-refractivity contribution in [3.63, 3.8) is 0 Å². The molecule has 0 spiro atoms. The zero-order chi connectivity index (χ0) is 27.2. The molecule has 2 unspecified atom stereocenters. The van der Waals surface area contributed by atoms with Gasteiger partial charge in [-0.1, -0.05) is 25.9 Å². The van der Waals surface area contributed by atoms with Gasteiger partial charge >= 0.3 is 0 Å². The Morgan fingerprint density at radius 3 is 2.14 bits per heavy atom. The summed E-state index contributed by atoms with van der Waals surface area (Å²) in [4.78, 5) is 41.3. The number of nitrogens with one attached hydrogen (secondary N) is 3. The second-order valence-electron chi connectivity index (χ2n) is 9.06. The van der Waals surface area contributed by atoms with Crippen molar-refractivity contribution in [1.82, 2.24) is 16.0 Å². The molecule has 8 N–H and O–H groups in total. The smallest absolute Gasteiger partial charge is 0.260 e. The van der Waals surface area contributed by atoms with E-state index in [9.17, 15) is 29.7 Å². The molecule has 0 saturated heterocycles. The Morgan fingerprint density at radius 2 is 1.60 bits per heavy atom. The third-order valence-electron chi connectivity index (χ3n) is 5.41. The molecule has 0 aromatic rings. The molecule has 0 saturated carbocycles. The van der Waals surface area contributed by atoms with Gasteiger partial charge in [-0.3, -0.25) is 14.4 Å². The zero-order valence-electron chi connectivity index (χ0n) is 21.1. The van der Waals surface area contributed by atoms with Crippen molar-refractivity contribution < 1.29 is 44.8 Å². The first-order valence-corrected chi connectivity index (χ1v) is 11.7. The molecule has 35 heavy (non-hydrogen) atoms.